The summed E-state index contributed by atoms with van der Waals surface area (Å²) in [5, 5.41) is 0. The average Bonchev–Trinajstić information content (AvgIpc) is 2.65. The van der Waals surface area contributed by atoms with Crippen molar-refractivity contribution in [1.29, 1.82) is 0 Å². The highest BCUT2D eigenvalue weighted by molar-refractivity contribution is 5.96. The largest absolute Gasteiger partial charge is 0.466 e. The van der Waals surface area contributed by atoms with Crippen LogP contribution in [0.2, 0.25) is 0 Å². The molecule has 0 aliphatic heterocycles. The SMILES string of the molecule is C=C(C)C(=O)OCCCCCCC(=O)c1ccc(C=CC(=O)OC)cc1. The fraction of sp³-hybridized carbons (Fsp3) is 0.381. The number of rotatable bonds is 11. The number of carbonyl (C=O) groups is 3. The molecule has 0 unspecified atom stereocenters. The molecule has 26 heavy (non-hydrogen) atoms. The molecule has 1 aromatic rings. The Morgan fingerprint density at radius 1 is 1.04 bits per heavy atom. The number of Topliss-reactive ketones (excluding diaryl/α,β-unsaturated/α-hetero) is 1. The number of esters is 2. The maximum Gasteiger partial charge on any atom is 0.333 e. The molecule has 140 valence electrons. The second-order valence-electron chi connectivity index (χ2n) is 5.98. The molecular weight excluding hydrogens is 332 g/mol. The number of methoxy groups -OCH3 is 1. The van der Waals surface area contributed by atoms with Crippen LogP contribution in [0.1, 0.15) is 54.9 Å². The van der Waals surface area contributed by atoms with Crippen LogP contribution in [-0.2, 0) is 19.1 Å². The molecular formula is C21H26O5. The molecule has 0 N–H and O–H groups in total. The average molecular weight is 358 g/mol. The van der Waals surface area contributed by atoms with E-state index < -0.39 is 5.97 Å². The predicted molar refractivity (Wildman–Crippen MR) is 101 cm³/mol. The van der Waals surface area contributed by atoms with Crippen LogP contribution in [0.15, 0.2) is 42.5 Å². The van der Waals surface area contributed by atoms with Crippen molar-refractivity contribution in [3.63, 3.8) is 0 Å². The molecule has 5 heteroatoms. The summed E-state index contributed by atoms with van der Waals surface area (Å²) in [6.45, 7) is 5.53. The minimum absolute atomic E-state index is 0.0993. The van der Waals surface area contributed by atoms with Gasteiger partial charge in [0.15, 0.2) is 5.78 Å². The molecule has 0 saturated heterocycles. The Labute approximate surface area is 154 Å². The van der Waals surface area contributed by atoms with E-state index in [0.717, 1.165) is 31.2 Å². The first-order valence-corrected chi connectivity index (χ1v) is 8.66. The van der Waals surface area contributed by atoms with Gasteiger partial charge in [-0.25, -0.2) is 9.59 Å². The number of hydrogen-bond donors (Lipinski definition) is 0. The molecule has 0 aromatic heterocycles. The van der Waals surface area contributed by atoms with Crippen molar-refractivity contribution in [2.24, 2.45) is 0 Å². The van der Waals surface area contributed by atoms with Gasteiger partial charge in [0.1, 0.15) is 0 Å². The van der Waals surface area contributed by atoms with Gasteiger partial charge in [0.2, 0.25) is 0 Å². The van der Waals surface area contributed by atoms with E-state index in [9.17, 15) is 14.4 Å². The first-order valence-electron chi connectivity index (χ1n) is 8.66. The van der Waals surface area contributed by atoms with Crippen molar-refractivity contribution < 1.29 is 23.9 Å². The molecule has 0 fully saturated rings. The lowest BCUT2D eigenvalue weighted by molar-refractivity contribution is -0.139. The fourth-order valence-electron chi connectivity index (χ4n) is 2.19. The van der Waals surface area contributed by atoms with Crippen molar-refractivity contribution in [3.05, 3.63) is 53.6 Å². The predicted octanol–water partition coefficient (Wildman–Crippen LogP) is 4.13. The summed E-state index contributed by atoms with van der Waals surface area (Å²) in [6, 6.07) is 7.11. The van der Waals surface area contributed by atoms with Crippen molar-refractivity contribution in [2.45, 2.75) is 39.0 Å². The van der Waals surface area contributed by atoms with Crippen molar-refractivity contribution in [3.8, 4) is 0 Å². The minimum atomic E-state index is -0.417. The third-order valence-electron chi connectivity index (χ3n) is 3.73. The number of unbranched alkanes of at least 4 members (excludes halogenated alkanes) is 3. The summed E-state index contributed by atoms with van der Waals surface area (Å²) in [5.74, 6) is -0.674. The monoisotopic (exact) mass is 358 g/mol. The van der Waals surface area contributed by atoms with E-state index in [1.807, 2.05) is 0 Å². The molecule has 1 aromatic carbocycles. The smallest absolute Gasteiger partial charge is 0.333 e. The Morgan fingerprint density at radius 3 is 2.31 bits per heavy atom. The van der Waals surface area contributed by atoms with Crippen LogP contribution < -0.4 is 0 Å². The van der Waals surface area contributed by atoms with Gasteiger partial charge < -0.3 is 9.47 Å². The van der Waals surface area contributed by atoms with Gasteiger partial charge in [0.05, 0.1) is 13.7 Å². The van der Waals surface area contributed by atoms with Crippen LogP contribution in [0.3, 0.4) is 0 Å². The quantitative estimate of drug-likeness (QED) is 0.257. The zero-order valence-corrected chi connectivity index (χ0v) is 15.5. The minimum Gasteiger partial charge on any atom is -0.466 e. The second kappa shape index (κ2) is 11.8. The Bertz CT molecular complexity index is 655. The number of ketones is 1. The highest BCUT2D eigenvalue weighted by atomic mass is 16.5. The topological polar surface area (TPSA) is 69.7 Å². The Balaban J connectivity index is 2.25. The third kappa shape index (κ3) is 8.42. The van der Waals surface area contributed by atoms with Crippen molar-refractivity contribution in [1.82, 2.24) is 0 Å². The summed E-state index contributed by atoms with van der Waals surface area (Å²) in [5.41, 5.74) is 1.90. The molecule has 0 saturated carbocycles. The standard InChI is InChI=1S/C21H26O5/c1-16(2)21(24)26-15-7-5-4-6-8-19(22)18-12-9-17(10-13-18)11-14-20(23)25-3/h9-14H,1,4-8,15H2,2-3H3. The summed E-state index contributed by atoms with van der Waals surface area (Å²) in [6.07, 6.45) is 6.88. The van der Waals surface area contributed by atoms with E-state index in [2.05, 4.69) is 11.3 Å². The van der Waals surface area contributed by atoms with Gasteiger partial charge in [-0.3, -0.25) is 4.79 Å². The lowest BCUT2D eigenvalue weighted by Gasteiger charge is -2.04. The van der Waals surface area contributed by atoms with E-state index in [-0.39, 0.29) is 11.8 Å². The molecule has 0 aliphatic rings. The normalized spacial score (nSPS) is 10.5. The van der Waals surface area contributed by atoms with Crippen molar-refractivity contribution >= 4 is 23.8 Å². The lowest BCUT2D eigenvalue weighted by Crippen LogP contribution is -2.06. The van der Waals surface area contributed by atoms with E-state index >= 15 is 0 Å². The van der Waals surface area contributed by atoms with Crippen LogP contribution in [-0.4, -0.2) is 31.4 Å². The summed E-state index contributed by atoms with van der Waals surface area (Å²) in [4.78, 5) is 34.4. The molecule has 0 radical (unpaired) electrons. The zero-order chi connectivity index (χ0) is 19.4. The van der Waals surface area contributed by atoms with E-state index in [1.54, 1.807) is 37.3 Å². The van der Waals surface area contributed by atoms with E-state index in [1.165, 1.54) is 13.2 Å². The number of carbonyl (C=O) groups excluding carboxylic acids is 3. The summed E-state index contributed by atoms with van der Waals surface area (Å²) >= 11 is 0. The van der Waals surface area contributed by atoms with Gasteiger partial charge >= 0.3 is 11.9 Å². The molecule has 0 aliphatic carbocycles. The van der Waals surface area contributed by atoms with Gasteiger partial charge in [-0.05, 0) is 31.4 Å². The molecule has 0 spiro atoms. The third-order valence-corrected chi connectivity index (χ3v) is 3.73. The van der Waals surface area contributed by atoms with Crippen LogP contribution in [0.25, 0.3) is 6.08 Å². The van der Waals surface area contributed by atoms with Gasteiger partial charge in [-0.1, -0.05) is 43.7 Å². The number of benzene rings is 1. The van der Waals surface area contributed by atoms with E-state index in [4.69, 9.17) is 4.74 Å². The van der Waals surface area contributed by atoms with Crippen LogP contribution in [0.5, 0.6) is 0 Å². The summed E-state index contributed by atoms with van der Waals surface area (Å²) in [7, 11) is 1.32. The maximum atomic E-state index is 12.2. The molecule has 0 amide bonds. The fourth-order valence-corrected chi connectivity index (χ4v) is 2.19. The second-order valence-corrected chi connectivity index (χ2v) is 5.98. The molecule has 1 rings (SSSR count). The molecule has 0 heterocycles. The first kappa shape index (κ1) is 21.4. The number of hydrogen-bond acceptors (Lipinski definition) is 5. The zero-order valence-electron chi connectivity index (χ0n) is 15.5. The van der Waals surface area contributed by atoms with Gasteiger partial charge in [-0.2, -0.15) is 0 Å². The van der Waals surface area contributed by atoms with Crippen LogP contribution in [0.4, 0.5) is 0 Å². The number of ether oxygens (including phenoxy) is 2. The van der Waals surface area contributed by atoms with Gasteiger partial charge in [0.25, 0.3) is 0 Å². The Hall–Kier alpha value is -2.69. The van der Waals surface area contributed by atoms with Crippen LogP contribution in [0, 0.1) is 0 Å². The first-order chi connectivity index (χ1) is 12.4. The molecule has 5 nitrogen and oxygen atoms in total. The highest BCUT2D eigenvalue weighted by Crippen LogP contribution is 2.12. The molecule has 0 bridgehead atoms. The highest BCUT2D eigenvalue weighted by Gasteiger charge is 2.06. The molecule has 0 atom stereocenters. The Kier molecular flexibility index (Phi) is 9.69. The lowest BCUT2D eigenvalue weighted by atomic mass is 10.0. The van der Waals surface area contributed by atoms with Gasteiger partial charge in [0, 0.05) is 23.6 Å². The van der Waals surface area contributed by atoms with Crippen molar-refractivity contribution in [2.75, 3.05) is 13.7 Å². The maximum absolute atomic E-state index is 12.2. The summed E-state index contributed by atoms with van der Waals surface area (Å²) < 4.78 is 9.54. The Morgan fingerprint density at radius 2 is 1.69 bits per heavy atom. The van der Waals surface area contributed by atoms with Crippen LogP contribution >= 0.6 is 0 Å². The van der Waals surface area contributed by atoms with E-state index in [0.29, 0.717) is 24.2 Å². The van der Waals surface area contributed by atoms with Gasteiger partial charge in [-0.15, -0.1) is 0 Å².